The predicted molar refractivity (Wildman–Crippen MR) is 95.3 cm³/mol. The van der Waals surface area contributed by atoms with E-state index in [1.807, 2.05) is 36.5 Å². The fourth-order valence-electron chi connectivity index (χ4n) is 2.90. The Labute approximate surface area is 153 Å². The van der Waals surface area contributed by atoms with Gasteiger partial charge in [-0.2, -0.15) is 13.2 Å². The summed E-state index contributed by atoms with van der Waals surface area (Å²) in [4.78, 5) is 23.8. The molecule has 0 aliphatic rings. The molecule has 1 aromatic carbocycles. The maximum Gasteiger partial charge on any atom is 0.421 e. The van der Waals surface area contributed by atoms with Crippen molar-refractivity contribution in [3.63, 3.8) is 0 Å². The summed E-state index contributed by atoms with van der Waals surface area (Å²) >= 11 is 0. The largest absolute Gasteiger partial charge is 0.421 e. The lowest BCUT2D eigenvalue weighted by Crippen LogP contribution is -2.35. The first-order valence-electron chi connectivity index (χ1n) is 8.43. The van der Waals surface area contributed by atoms with E-state index in [9.17, 15) is 22.8 Å². The number of aromatic nitrogens is 2. The Balaban J connectivity index is 1.53. The van der Waals surface area contributed by atoms with Crippen LogP contribution in [0.3, 0.4) is 0 Å². The van der Waals surface area contributed by atoms with Gasteiger partial charge >= 0.3 is 6.18 Å². The van der Waals surface area contributed by atoms with Gasteiger partial charge in [0.2, 0.25) is 5.91 Å². The van der Waals surface area contributed by atoms with Crippen molar-refractivity contribution in [1.82, 2.24) is 14.5 Å². The van der Waals surface area contributed by atoms with Gasteiger partial charge in [0.25, 0.3) is 5.56 Å². The third-order valence-corrected chi connectivity index (χ3v) is 4.22. The Morgan fingerprint density at radius 1 is 1.00 bits per heavy atom. The second-order valence-electron chi connectivity index (χ2n) is 6.12. The number of fused-ring (bicyclic) bond motifs is 1. The van der Waals surface area contributed by atoms with Crippen LogP contribution >= 0.6 is 0 Å². The van der Waals surface area contributed by atoms with Crippen LogP contribution in [0.15, 0.2) is 59.7 Å². The molecule has 3 aromatic rings. The Kier molecular flexibility index (Phi) is 5.34. The monoisotopic (exact) mass is 377 g/mol. The number of hydrogen-bond acceptors (Lipinski definition) is 2. The molecule has 5 nitrogen and oxygen atoms in total. The quantitative estimate of drug-likeness (QED) is 0.672. The molecule has 0 aliphatic heterocycles. The minimum atomic E-state index is -4.74. The van der Waals surface area contributed by atoms with Crippen LogP contribution < -0.4 is 10.9 Å². The Bertz CT molecular complexity index is 1010. The molecule has 0 radical (unpaired) electrons. The average Bonchev–Trinajstić information content (AvgIpc) is 3.03. The van der Waals surface area contributed by atoms with Gasteiger partial charge in [-0.15, -0.1) is 0 Å². The molecule has 0 bridgehead atoms. The predicted octanol–water partition coefficient (Wildman–Crippen LogP) is 3.03. The highest BCUT2D eigenvalue weighted by Crippen LogP contribution is 2.25. The molecule has 0 saturated carbocycles. The minimum Gasteiger partial charge on any atom is -0.354 e. The van der Waals surface area contributed by atoms with Crippen LogP contribution in [0, 0.1) is 0 Å². The third-order valence-electron chi connectivity index (χ3n) is 4.22. The topological polar surface area (TPSA) is 56.0 Å². The SMILES string of the molecule is O=C(Cn1cccc(C(F)(F)F)c1=O)NCCCn1ccc2ccccc21. The van der Waals surface area contributed by atoms with Crippen LogP contribution in [-0.4, -0.2) is 21.6 Å². The zero-order chi connectivity index (χ0) is 19.4. The number of aryl methyl sites for hydroxylation is 1. The van der Waals surface area contributed by atoms with Gasteiger partial charge in [-0.1, -0.05) is 18.2 Å². The Hall–Kier alpha value is -3.03. The van der Waals surface area contributed by atoms with Crippen molar-refractivity contribution in [2.24, 2.45) is 0 Å². The molecule has 8 heteroatoms. The minimum absolute atomic E-state index is 0.360. The van der Waals surface area contributed by atoms with Crippen LogP contribution in [0.5, 0.6) is 0 Å². The van der Waals surface area contributed by atoms with E-state index in [1.165, 1.54) is 6.20 Å². The maximum absolute atomic E-state index is 12.7. The van der Waals surface area contributed by atoms with E-state index in [0.29, 0.717) is 25.6 Å². The fourth-order valence-corrected chi connectivity index (χ4v) is 2.90. The van der Waals surface area contributed by atoms with E-state index in [1.54, 1.807) is 0 Å². The summed E-state index contributed by atoms with van der Waals surface area (Å²) < 4.78 is 41.1. The molecule has 0 fully saturated rings. The first kappa shape index (κ1) is 18.8. The van der Waals surface area contributed by atoms with Gasteiger partial charge in [-0.05, 0) is 36.1 Å². The first-order chi connectivity index (χ1) is 12.9. The number of benzene rings is 1. The van der Waals surface area contributed by atoms with Crippen molar-refractivity contribution in [3.05, 3.63) is 70.8 Å². The highest BCUT2D eigenvalue weighted by Gasteiger charge is 2.34. The Morgan fingerprint density at radius 2 is 1.78 bits per heavy atom. The van der Waals surface area contributed by atoms with Gasteiger partial charge in [0.15, 0.2) is 0 Å². The van der Waals surface area contributed by atoms with Crippen molar-refractivity contribution in [1.29, 1.82) is 0 Å². The van der Waals surface area contributed by atoms with E-state index in [0.717, 1.165) is 21.5 Å². The van der Waals surface area contributed by atoms with E-state index in [-0.39, 0.29) is 0 Å². The molecule has 0 aliphatic carbocycles. The van der Waals surface area contributed by atoms with Crippen molar-refractivity contribution in [2.75, 3.05) is 6.54 Å². The number of amides is 1. The number of nitrogens with one attached hydrogen (secondary N) is 1. The standard InChI is InChI=1S/C19H18F3N3O2/c20-19(21,22)15-6-3-10-25(18(15)27)13-17(26)23-9-4-11-24-12-8-14-5-1-2-7-16(14)24/h1-3,5-8,10,12H,4,9,11,13H2,(H,23,26). The van der Waals surface area contributed by atoms with Gasteiger partial charge in [-0.25, -0.2) is 0 Å². The van der Waals surface area contributed by atoms with Crippen molar-refractivity contribution in [3.8, 4) is 0 Å². The number of hydrogen-bond donors (Lipinski definition) is 1. The molecule has 3 rings (SSSR count). The number of halogens is 3. The third kappa shape index (κ3) is 4.39. The number of carbonyl (C=O) groups is 1. The van der Waals surface area contributed by atoms with E-state index >= 15 is 0 Å². The van der Waals surface area contributed by atoms with Crippen molar-refractivity contribution < 1.29 is 18.0 Å². The molecule has 142 valence electrons. The first-order valence-corrected chi connectivity index (χ1v) is 8.43. The zero-order valence-corrected chi connectivity index (χ0v) is 14.4. The van der Waals surface area contributed by atoms with E-state index < -0.39 is 29.8 Å². The van der Waals surface area contributed by atoms with Crippen LogP contribution in [-0.2, 0) is 24.1 Å². The molecule has 27 heavy (non-hydrogen) atoms. The smallest absolute Gasteiger partial charge is 0.354 e. The number of pyridine rings is 1. The number of nitrogens with zero attached hydrogens (tertiary/aromatic N) is 2. The molecule has 0 saturated heterocycles. The van der Waals surface area contributed by atoms with Gasteiger partial charge in [-0.3, -0.25) is 9.59 Å². The van der Waals surface area contributed by atoms with Crippen LogP contribution in [0.1, 0.15) is 12.0 Å². The maximum atomic E-state index is 12.7. The second kappa shape index (κ2) is 7.69. The normalized spacial score (nSPS) is 11.7. The second-order valence-corrected chi connectivity index (χ2v) is 6.12. The molecular weight excluding hydrogens is 359 g/mol. The highest BCUT2D eigenvalue weighted by atomic mass is 19.4. The molecule has 0 spiro atoms. The van der Waals surface area contributed by atoms with Crippen LogP contribution in [0.2, 0.25) is 0 Å². The van der Waals surface area contributed by atoms with Gasteiger partial charge in [0.1, 0.15) is 12.1 Å². The summed E-state index contributed by atoms with van der Waals surface area (Å²) in [5.41, 5.74) is -1.41. The van der Waals surface area contributed by atoms with Gasteiger partial charge in [0.05, 0.1) is 0 Å². The summed E-state index contributed by atoms with van der Waals surface area (Å²) in [6, 6.07) is 11.8. The molecule has 0 atom stereocenters. The fraction of sp³-hybridized carbons (Fsp3) is 0.263. The lowest BCUT2D eigenvalue weighted by Gasteiger charge is -2.11. The number of rotatable bonds is 6. The number of carbonyl (C=O) groups excluding carboxylic acids is 1. The van der Waals surface area contributed by atoms with Crippen molar-refractivity contribution >= 4 is 16.8 Å². The van der Waals surface area contributed by atoms with Gasteiger partial charge in [0, 0.05) is 31.0 Å². The van der Waals surface area contributed by atoms with Crippen LogP contribution in [0.4, 0.5) is 13.2 Å². The van der Waals surface area contributed by atoms with E-state index in [2.05, 4.69) is 9.88 Å². The molecule has 2 heterocycles. The molecular formula is C19H18F3N3O2. The highest BCUT2D eigenvalue weighted by molar-refractivity contribution is 5.79. The lowest BCUT2D eigenvalue weighted by molar-refractivity contribution is -0.139. The Morgan fingerprint density at radius 3 is 2.56 bits per heavy atom. The summed E-state index contributed by atoms with van der Waals surface area (Å²) in [5, 5.41) is 3.76. The van der Waals surface area contributed by atoms with Crippen molar-refractivity contribution in [2.45, 2.75) is 25.7 Å². The summed E-state index contributed by atoms with van der Waals surface area (Å²) in [5.74, 6) is -0.506. The summed E-state index contributed by atoms with van der Waals surface area (Å²) in [6.07, 6.45) is -0.949. The summed E-state index contributed by atoms with van der Waals surface area (Å²) in [6.45, 7) is 0.603. The molecule has 1 N–H and O–H groups in total. The number of para-hydroxylation sites is 1. The molecule has 2 aromatic heterocycles. The molecule has 1 amide bonds. The molecule has 0 unspecified atom stereocenters. The van der Waals surface area contributed by atoms with Gasteiger partial charge < -0.3 is 14.5 Å². The van der Waals surface area contributed by atoms with Crippen LogP contribution in [0.25, 0.3) is 10.9 Å². The zero-order valence-electron chi connectivity index (χ0n) is 14.4. The van der Waals surface area contributed by atoms with E-state index in [4.69, 9.17) is 0 Å². The lowest BCUT2D eigenvalue weighted by atomic mass is 10.2. The summed E-state index contributed by atoms with van der Waals surface area (Å²) in [7, 11) is 0. The number of alkyl halides is 3. The average molecular weight is 377 g/mol.